The highest BCUT2D eigenvalue weighted by Crippen LogP contribution is 2.26. The number of aryl methyl sites for hydroxylation is 1. The molecule has 18 heavy (non-hydrogen) atoms. The van der Waals surface area contributed by atoms with Gasteiger partial charge in [-0.3, -0.25) is 0 Å². The number of aromatic nitrogens is 1. The normalized spacial score (nSPS) is 10.2. The Balaban J connectivity index is 2.21. The molecule has 0 fully saturated rings. The molecule has 0 bridgehead atoms. The number of carbonyl (C=O) groups is 1. The van der Waals surface area contributed by atoms with Crippen LogP contribution in [0.3, 0.4) is 0 Å². The first-order valence-electron chi connectivity index (χ1n) is 5.17. The lowest BCUT2D eigenvalue weighted by atomic mass is 10.2. The minimum absolute atomic E-state index is 0.317. The van der Waals surface area contributed by atoms with Crippen LogP contribution < -0.4 is 5.32 Å². The molecule has 0 saturated heterocycles. The fourth-order valence-electron chi connectivity index (χ4n) is 1.37. The van der Waals surface area contributed by atoms with E-state index in [1.165, 1.54) is 18.4 Å². The molecule has 0 spiro atoms. The van der Waals surface area contributed by atoms with Gasteiger partial charge in [-0.1, -0.05) is 22.0 Å². The zero-order valence-corrected chi connectivity index (χ0v) is 12.3. The first-order valence-corrected chi connectivity index (χ1v) is 6.84. The van der Waals surface area contributed by atoms with E-state index in [-0.39, 0.29) is 0 Å². The van der Waals surface area contributed by atoms with Gasteiger partial charge in [0.2, 0.25) is 0 Å². The predicted molar refractivity (Wildman–Crippen MR) is 75.6 cm³/mol. The third-order valence-electron chi connectivity index (χ3n) is 2.34. The van der Waals surface area contributed by atoms with Crippen molar-refractivity contribution in [2.45, 2.75) is 6.92 Å². The maximum Gasteiger partial charge on any atom is 0.357 e. The maximum atomic E-state index is 11.3. The summed E-state index contributed by atoms with van der Waals surface area (Å²) in [6, 6.07) is 5.94. The molecule has 1 N–H and O–H groups in total. The fraction of sp³-hybridized carbons (Fsp3) is 0.167. The van der Waals surface area contributed by atoms with E-state index in [9.17, 15) is 4.79 Å². The number of thiazole rings is 1. The molecule has 1 aromatic heterocycles. The van der Waals surface area contributed by atoms with Crippen molar-refractivity contribution in [1.29, 1.82) is 0 Å². The molecular weight excluding hydrogens is 316 g/mol. The van der Waals surface area contributed by atoms with Gasteiger partial charge in [-0.05, 0) is 24.6 Å². The molecule has 1 heterocycles. The van der Waals surface area contributed by atoms with Crippen molar-refractivity contribution in [1.82, 2.24) is 4.98 Å². The van der Waals surface area contributed by atoms with E-state index in [0.717, 1.165) is 15.7 Å². The lowest BCUT2D eigenvalue weighted by Crippen LogP contribution is -2.01. The van der Waals surface area contributed by atoms with Crippen LogP contribution in [0.2, 0.25) is 0 Å². The van der Waals surface area contributed by atoms with Crippen molar-refractivity contribution in [2.75, 3.05) is 12.4 Å². The second-order valence-corrected chi connectivity index (χ2v) is 5.39. The third kappa shape index (κ3) is 2.88. The van der Waals surface area contributed by atoms with Gasteiger partial charge in [-0.15, -0.1) is 11.3 Å². The third-order valence-corrected chi connectivity index (χ3v) is 3.59. The Morgan fingerprint density at radius 2 is 2.28 bits per heavy atom. The Labute approximate surface area is 117 Å². The summed E-state index contributed by atoms with van der Waals surface area (Å²) in [4.78, 5) is 15.5. The number of hydrogen-bond donors (Lipinski definition) is 1. The first kappa shape index (κ1) is 13.0. The van der Waals surface area contributed by atoms with Gasteiger partial charge < -0.3 is 10.1 Å². The number of nitrogens with one attached hydrogen (secondary N) is 1. The van der Waals surface area contributed by atoms with Crippen LogP contribution in [0.5, 0.6) is 0 Å². The quantitative estimate of drug-likeness (QED) is 0.873. The van der Waals surface area contributed by atoms with E-state index in [1.54, 1.807) is 5.38 Å². The molecule has 6 heteroatoms. The van der Waals surface area contributed by atoms with E-state index >= 15 is 0 Å². The molecular formula is C12H11BrN2O2S. The minimum atomic E-state index is -0.426. The molecule has 0 radical (unpaired) electrons. The van der Waals surface area contributed by atoms with Gasteiger partial charge in [-0.2, -0.15) is 0 Å². The number of benzene rings is 1. The highest BCUT2D eigenvalue weighted by molar-refractivity contribution is 9.10. The van der Waals surface area contributed by atoms with E-state index in [4.69, 9.17) is 0 Å². The van der Waals surface area contributed by atoms with Crippen molar-refractivity contribution in [2.24, 2.45) is 0 Å². The Bertz CT molecular complexity index is 583. The van der Waals surface area contributed by atoms with Crippen LogP contribution in [-0.4, -0.2) is 18.1 Å². The molecule has 0 aliphatic carbocycles. The second-order valence-electron chi connectivity index (χ2n) is 3.61. The highest BCUT2D eigenvalue weighted by Gasteiger charge is 2.11. The summed E-state index contributed by atoms with van der Waals surface area (Å²) in [5.74, 6) is -0.426. The zero-order valence-electron chi connectivity index (χ0n) is 9.86. The predicted octanol–water partition coefficient (Wildman–Crippen LogP) is 3.74. The number of hydrogen-bond acceptors (Lipinski definition) is 5. The first-order chi connectivity index (χ1) is 8.60. The van der Waals surface area contributed by atoms with Crippen LogP contribution in [0.1, 0.15) is 16.1 Å². The Morgan fingerprint density at radius 3 is 3.00 bits per heavy atom. The number of ether oxygens (including phenoxy) is 1. The number of anilines is 2. The van der Waals surface area contributed by atoms with E-state index in [1.807, 2.05) is 25.1 Å². The van der Waals surface area contributed by atoms with E-state index in [2.05, 4.69) is 31.0 Å². The van der Waals surface area contributed by atoms with Crippen molar-refractivity contribution in [3.63, 3.8) is 0 Å². The minimum Gasteiger partial charge on any atom is -0.464 e. The van der Waals surface area contributed by atoms with Crippen molar-refractivity contribution in [3.8, 4) is 0 Å². The number of carbonyl (C=O) groups excluding carboxylic acids is 1. The average Bonchev–Trinajstić information content (AvgIpc) is 2.81. The number of rotatable bonds is 3. The Hall–Kier alpha value is -1.40. The molecule has 0 unspecified atom stereocenters. The van der Waals surface area contributed by atoms with Crippen LogP contribution in [-0.2, 0) is 4.74 Å². The largest absolute Gasteiger partial charge is 0.464 e. The lowest BCUT2D eigenvalue weighted by molar-refractivity contribution is 0.0595. The summed E-state index contributed by atoms with van der Waals surface area (Å²) >= 11 is 4.78. The Kier molecular flexibility index (Phi) is 3.98. The topological polar surface area (TPSA) is 51.2 Å². The van der Waals surface area contributed by atoms with Crippen LogP contribution >= 0.6 is 27.3 Å². The fourth-order valence-corrected chi connectivity index (χ4v) is 2.43. The summed E-state index contributed by atoms with van der Waals surface area (Å²) in [7, 11) is 1.34. The molecule has 0 aliphatic heterocycles. The molecule has 1 aromatic carbocycles. The average molecular weight is 327 g/mol. The SMILES string of the molecule is COC(=O)c1csc(Nc2cc(Br)ccc2C)n1. The van der Waals surface area contributed by atoms with Crippen LogP contribution in [0.15, 0.2) is 28.1 Å². The number of nitrogens with zero attached hydrogens (tertiary/aromatic N) is 1. The lowest BCUT2D eigenvalue weighted by Gasteiger charge is -2.06. The monoisotopic (exact) mass is 326 g/mol. The van der Waals surface area contributed by atoms with Gasteiger partial charge in [0, 0.05) is 15.5 Å². The van der Waals surface area contributed by atoms with Crippen molar-refractivity contribution in [3.05, 3.63) is 39.3 Å². The van der Waals surface area contributed by atoms with E-state index in [0.29, 0.717) is 10.8 Å². The summed E-state index contributed by atoms with van der Waals surface area (Å²) < 4.78 is 5.60. The molecule has 2 rings (SSSR count). The van der Waals surface area contributed by atoms with Crippen molar-refractivity contribution >= 4 is 44.1 Å². The number of esters is 1. The highest BCUT2D eigenvalue weighted by atomic mass is 79.9. The van der Waals surface area contributed by atoms with E-state index < -0.39 is 5.97 Å². The van der Waals surface area contributed by atoms with Crippen LogP contribution in [0, 0.1) is 6.92 Å². The molecule has 0 amide bonds. The van der Waals surface area contributed by atoms with Gasteiger partial charge in [0.05, 0.1) is 7.11 Å². The molecule has 94 valence electrons. The summed E-state index contributed by atoms with van der Waals surface area (Å²) in [5, 5.41) is 5.51. The van der Waals surface area contributed by atoms with Crippen molar-refractivity contribution < 1.29 is 9.53 Å². The van der Waals surface area contributed by atoms with Crippen LogP contribution in [0.4, 0.5) is 10.8 Å². The van der Waals surface area contributed by atoms with Gasteiger partial charge >= 0.3 is 5.97 Å². The molecule has 0 aliphatic rings. The molecule has 0 atom stereocenters. The summed E-state index contributed by atoms with van der Waals surface area (Å²) in [5.41, 5.74) is 2.38. The molecule has 2 aromatic rings. The number of halogens is 1. The van der Waals surface area contributed by atoms with Gasteiger partial charge in [-0.25, -0.2) is 9.78 Å². The standard InChI is InChI=1S/C12H11BrN2O2S/c1-7-3-4-8(13)5-9(7)14-12-15-10(6-18-12)11(16)17-2/h3-6H,1-2H3,(H,14,15). The van der Waals surface area contributed by atoms with Gasteiger partial charge in [0.25, 0.3) is 0 Å². The maximum absolute atomic E-state index is 11.3. The van der Waals surface area contributed by atoms with Gasteiger partial charge in [0.1, 0.15) is 0 Å². The molecule has 4 nitrogen and oxygen atoms in total. The summed E-state index contributed by atoms with van der Waals surface area (Å²) in [6.07, 6.45) is 0. The second kappa shape index (κ2) is 5.49. The number of methoxy groups -OCH3 is 1. The van der Waals surface area contributed by atoms with Crippen LogP contribution in [0.25, 0.3) is 0 Å². The smallest absolute Gasteiger partial charge is 0.357 e. The molecule has 0 saturated carbocycles. The summed E-state index contributed by atoms with van der Waals surface area (Å²) in [6.45, 7) is 2.00. The zero-order chi connectivity index (χ0) is 13.1. The Morgan fingerprint density at radius 1 is 1.50 bits per heavy atom. The van der Waals surface area contributed by atoms with Gasteiger partial charge in [0.15, 0.2) is 10.8 Å².